The highest BCUT2D eigenvalue weighted by Crippen LogP contribution is 2.25. The lowest BCUT2D eigenvalue weighted by Crippen LogP contribution is -2.42. The van der Waals surface area contributed by atoms with E-state index in [0.717, 1.165) is 17.3 Å². The Morgan fingerprint density at radius 2 is 2.20 bits per heavy atom. The van der Waals surface area contributed by atoms with Gasteiger partial charge in [0.1, 0.15) is 0 Å². The average molecular weight is 361 g/mol. The Hall–Kier alpha value is -1.07. The first-order chi connectivity index (χ1) is 9.52. The fourth-order valence-electron chi connectivity index (χ4n) is 2.33. The minimum atomic E-state index is -0.253. The molecule has 1 amide bonds. The Morgan fingerprint density at radius 1 is 1.45 bits per heavy atom. The number of hydrogen-bond donors (Lipinski definition) is 0. The molecule has 1 aromatic carbocycles. The summed E-state index contributed by atoms with van der Waals surface area (Å²) in [5.41, 5.74) is 0.531. The molecule has 0 spiro atoms. The number of nitrogens with zero attached hydrogens (tertiary/aromatic N) is 1. The molecule has 0 radical (unpaired) electrons. The predicted octanol–water partition coefficient (Wildman–Crippen LogP) is 3.13. The number of ether oxygens (including phenoxy) is 1. The van der Waals surface area contributed by atoms with Gasteiger partial charge in [0.2, 0.25) is 0 Å². The third-order valence-electron chi connectivity index (χ3n) is 3.41. The van der Waals surface area contributed by atoms with E-state index in [0.29, 0.717) is 23.7 Å². The molecule has 1 unspecified atom stereocenters. The number of halogens is 2. The average Bonchev–Trinajstić information content (AvgIpc) is 2.48. The second-order valence-electron chi connectivity index (χ2n) is 4.74. The molecule has 1 aromatic rings. The van der Waals surface area contributed by atoms with E-state index in [1.807, 2.05) is 0 Å². The lowest BCUT2D eigenvalue weighted by atomic mass is 9.97. The molecule has 1 fully saturated rings. The Labute approximate surface area is 131 Å². The maximum Gasteiger partial charge on any atom is 0.310 e. The normalized spacial score (nSPS) is 18.8. The summed E-state index contributed by atoms with van der Waals surface area (Å²) >= 11 is 9.30. The van der Waals surface area contributed by atoms with E-state index in [9.17, 15) is 9.59 Å². The zero-order chi connectivity index (χ0) is 14.7. The lowest BCUT2D eigenvalue weighted by molar-refractivity contribution is -0.146. The van der Waals surface area contributed by atoms with Crippen molar-refractivity contribution in [3.8, 4) is 0 Å². The molecule has 1 aliphatic rings. The molecule has 1 atom stereocenters. The van der Waals surface area contributed by atoms with Gasteiger partial charge in [-0.05, 0) is 47.0 Å². The van der Waals surface area contributed by atoms with E-state index in [4.69, 9.17) is 16.3 Å². The van der Waals surface area contributed by atoms with Crippen molar-refractivity contribution in [1.29, 1.82) is 0 Å². The van der Waals surface area contributed by atoms with Crippen molar-refractivity contribution < 1.29 is 14.3 Å². The zero-order valence-corrected chi connectivity index (χ0v) is 13.4. The van der Waals surface area contributed by atoms with Gasteiger partial charge in [-0.2, -0.15) is 0 Å². The molecule has 1 aliphatic heterocycles. The van der Waals surface area contributed by atoms with Gasteiger partial charge in [0, 0.05) is 23.1 Å². The monoisotopic (exact) mass is 359 g/mol. The first-order valence-corrected chi connectivity index (χ1v) is 7.52. The maximum absolute atomic E-state index is 12.4. The second-order valence-corrected chi connectivity index (χ2v) is 6.00. The van der Waals surface area contributed by atoms with Gasteiger partial charge < -0.3 is 9.64 Å². The van der Waals surface area contributed by atoms with E-state index in [2.05, 4.69) is 15.9 Å². The second kappa shape index (κ2) is 6.59. The molecular formula is C14H15BrClNO3. The highest BCUT2D eigenvalue weighted by Gasteiger charge is 2.29. The molecule has 0 N–H and O–H groups in total. The van der Waals surface area contributed by atoms with Crippen LogP contribution < -0.4 is 0 Å². The van der Waals surface area contributed by atoms with Crippen LogP contribution in [-0.2, 0) is 9.53 Å². The quantitative estimate of drug-likeness (QED) is 0.761. The minimum absolute atomic E-state index is 0.104. The molecule has 1 saturated heterocycles. The summed E-state index contributed by atoms with van der Waals surface area (Å²) in [4.78, 5) is 25.7. The Kier molecular flexibility index (Phi) is 5.05. The van der Waals surface area contributed by atoms with Crippen LogP contribution in [0.5, 0.6) is 0 Å². The van der Waals surface area contributed by atoms with Gasteiger partial charge >= 0.3 is 5.97 Å². The number of esters is 1. The van der Waals surface area contributed by atoms with Gasteiger partial charge in [-0.25, -0.2) is 0 Å². The van der Waals surface area contributed by atoms with Crippen LogP contribution in [0.3, 0.4) is 0 Å². The van der Waals surface area contributed by atoms with Gasteiger partial charge in [0.05, 0.1) is 18.1 Å². The fraction of sp³-hybridized carbons (Fsp3) is 0.429. The number of likely N-dealkylation sites (tertiary alicyclic amines) is 1. The SMILES string of the molecule is COC(=O)C1CCCN(C(=O)c2ccc(Br)c(Cl)c2)C1. The molecule has 0 saturated carbocycles. The molecule has 0 bridgehead atoms. The number of carbonyl (C=O) groups is 2. The van der Waals surface area contributed by atoms with E-state index < -0.39 is 0 Å². The van der Waals surface area contributed by atoms with Crippen LogP contribution >= 0.6 is 27.5 Å². The summed E-state index contributed by atoms with van der Waals surface area (Å²) in [6.07, 6.45) is 1.56. The number of rotatable bonds is 2. The number of piperidine rings is 1. The van der Waals surface area contributed by atoms with Crippen molar-refractivity contribution in [2.45, 2.75) is 12.8 Å². The van der Waals surface area contributed by atoms with E-state index >= 15 is 0 Å². The molecule has 2 rings (SSSR count). The highest BCUT2D eigenvalue weighted by atomic mass is 79.9. The third-order valence-corrected chi connectivity index (χ3v) is 4.64. The Morgan fingerprint density at radius 3 is 2.85 bits per heavy atom. The molecule has 108 valence electrons. The molecule has 0 aromatic heterocycles. The van der Waals surface area contributed by atoms with Crippen molar-refractivity contribution in [3.63, 3.8) is 0 Å². The molecular weight excluding hydrogens is 346 g/mol. The first kappa shape index (κ1) is 15.3. The van der Waals surface area contributed by atoms with Gasteiger partial charge in [0.15, 0.2) is 0 Å². The smallest absolute Gasteiger partial charge is 0.310 e. The number of amides is 1. The standard InChI is InChI=1S/C14H15BrClNO3/c1-20-14(19)10-3-2-6-17(8-10)13(18)9-4-5-11(15)12(16)7-9/h4-5,7,10H,2-3,6,8H2,1H3. The van der Waals surface area contributed by atoms with Crippen LogP contribution in [0.4, 0.5) is 0 Å². The van der Waals surface area contributed by atoms with Crippen molar-refractivity contribution >= 4 is 39.4 Å². The van der Waals surface area contributed by atoms with Crippen molar-refractivity contribution in [3.05, 3.63) is 33.3 Å². The molecule has 1 heterocycles. The van der Waals surface area contributed by atoms with Crippen LogP contribution in [0.2, 0.25) is 5.02 Å². The number of benzene rings is 1. The Bertz CT molecular complexity index is 535. The van der Waals surface area contributed by atoms with Crippen LogP contribution in [0.25, 0.3) is 0 Å². The van der Waals surface area contributed by atoms with Gasteiger partial charge in [-0.15, -0.1) is 0 Å². The van der Waals surface area contributed by atoms with Gasteiger partial charge in [-0.3, -0.25) is 9.59 Å². The van der Waals surface area contributed by atoms with E-state index in [-0.39, 0.29) is 17.8 Å². The number of hydrogen-bond acceptors (Lipinski definition) is 3. The largest absolute Gasteiger partial charge is 0.469 e. The topological polar surface area (TPSA) is 46.6 Å². The van der Waals surface area contributed by atoms with Crippen LogP contribution in [0.15, 0.2) is 22.7 Å². The summed E-state index contributed by atoms with van der Waals surface area (Å²) < 4.78 is 5.51. The lowest BCUT2D eigenvalue weighted by Gasteiger charge is -2.31. The summed E-state index contributed by atoms with van der Waals surface area (Å²) in [7, 11) is 1.37. The number of methoxy groups -OCH3 is 1. The van der Waals surface area contributed by atoms with Gasteiger partial charge in [0.25, 0.3) is 5.91 Å². The summed E-state index contributed by atoms with van der Waals surface area (Å²) in [6, 6.07) is 5.10. The van der Waals surface area contributed by atoms with Crippen molar-refractivity contribution in [1.82, 2.24) is 4.90 Å². The Balaban J connectivity index is 2.12. The van der Waals surface area contributed by atoms with Crippen molar-refractivity contribution in [2.24, 2.45) is 5.92 Å². The molecule has 0 aliphatic carbocycles. The van der Waals surface area contributed by atoms with E-state index in [1.165, 1.54) is 7.11 Å². The maximum atomic E-state index is 12.4. The van der Waals surface area contributed by atoms with Crippen LogP contribution in [0, 0.1) is 5.92 Å². The van der Waals surface area contributed by atoms with Crippen molar-refractivity contribution in [2.75, 3.05) is 20.2 Å². The number of carbonyl (C=O) groups excluding carboxylic acids is 2. The summed E-state index contributed by atoms with van der Waals surface area (Å²) in [5, 5.41) is 0.498. The third kappa shape index (κ3) is 3.33. The fourth-order valence-corrected chi connectivity index (χ4v) is 2.76. The van der Waals surface area contributed by atoms with Gasteiger partial charge in [-0.1, -0.05) is 11.6 Å². The highest BCUT2D eigenvalue weighted by molar-refractivity contribution is 9.10. The predicted molar refractivity (Wildman–Crippen MR) is 79.8 cm³/mol. The molecule has 4 nitrogen and oxygen atoms in total. The summed E-state index contributed by atoms with van der Waals surface area (Å²) in [6.45, 7) is 1.05. The molecule has 6 heteroatoms. The first-order valence-electron chi connectivity index (χ1n) is 6.35. The van der Waals surface area contributed by atoms with E-state index in [1.54, 1.807) is 23.1 Å². The van der Waals surface area contributed by atoms with Crippen LogP contribution in [0.1, 0.15) is 23.2 Å². The van der Waals surface area contributed by atoms with Crippen LogP contribution in [-0.4, -0.2) is 37.0 Å². The minimum Gasteiger partial charge on any atom is -0.469 e. The molecule has 20 heavy (non-hydrogen) atoms. The zero-order valence-electron chi connectivity index (χ0n) is 11.1. The summed E-state index contributed by atoms with van der Waals surface area (Å²) in [5.74, 6) is -0.590.